The summed E-state index contributed by atoms with van der Waals surface area (Å²) in [5, 5.41) is 19.4. The first-order chi connectivity index (χ1) is 15.1. The number of anilines is 1. The summed E-state index contributed by atoms with van der Waals surface area (Å²) in [6.45, 7) is 5.04. The maximum absolute atomic E-state index is 13.5. The van der Waals surface area contributed by atoms with Gasteiger partial charge < -0.3 is 16.0 Å². The molecule has 31 heavy (non-hydrogen) atoms. The maximum atomic E-state index is 13.5. The van der Waals surface area contributed by atoms with Crippen molar-refractivity contribution in [1.29, 1.82) is 5.41 Å². The molecule has 7 heteroatoms. The molecule has 0 radical (unpaired) electrons. The van der Waals surface area contributed by atoms with Crippen LogP contribution in [0.2, 0.25) is 0 Å². The fourth-order valence-corrected chi connectivity index (χ4v) is 4.15. The van der Waals surface area contributed by atoms with Crippen molar-refractivity contribution in [3.63, 3.8) is 0 Å². The van der Waals surface area contributed by atoms with E-state index in [1.54, 1.807) is 10.6 Å². The van der Waals surface area contributed by atoms with Gasteiger partial charge in [-0.15, -0.1) is 5.10 Å². The third-order valence-corrected chi connectivity index (χ3v) is 5.81. The van der Waals surface area contributed by atoms with E-state index in [9.17, 15) is 4.39 Å². The number of hydrogen-bond donors (Lipinski definition) is 3. The third-order valence-electron chi connectivity index (χ3n) is 5.81. The minimum Gasteiger partial charge on any atom is -0.388 e. The van der Waals surface area contributed by atoms with Crippen LogP contribution in [-0.4, -0.2) is 33.4 Å². The van der Waals surface area contributed by atoms with Gasteiger partial charge in [0.15, 0.2) is 5.65 Å². The number of aromatic nitrogens is 3. The molecule has 3 aromatic rings. The lowest BCUT2D eigenvalue weighted by atomic mass is 9.92. The first kappa shape index (κ1) is 21.0. The summed E-state index contributed by atoms with van der Waals surface area (Å²) in [4.78, 5) is 4.74. The molecule has 2 aromatic heterocycles. The van der Waals surface area contributed by atoms with Crippen LogP contribution in [0.3, 0.4) is 0 Å². The Bertz CT molecular complexity index is 1120. The SMILES string of the molecule is CCCCNC1=C(C=N)CC(Nc2nc3c(-c4ccc(F)cc4C)cccn3n2)CC1. The van der Waals surface area contributed by atoms with E-state index in [2.05, 4.69) is 22.7 Å². The van der Waals surface area contributed by atoms with Crippen LogP contribution in [0.15, 0.2) is 47.8 Å². The molecule has 0 saturated heterocycles. The summed E-state index contributed by atoms with van der Waals surface area (Å²) >= 11 is 0. The molecule has 6 nitrogen and oxygen atoms in total. The summed E-state index contributed by atoms with van der Waals surface area (Å²) in [5.41, 5.74) is 5.71. The van der Waals surface area contributed by atoms with Crippen LogP contribution in [0.4, 0.5) is 10.3 Å². The van der Waals surface area contributed by atoms with Gasteiger partial charge in [-0.05, 0) is 73.6 Å². The van der Waals surface area contributed by atoms with Gasteiger partial charge in [-0.1, -0.05) is 19.4 Å². The van der Waals surface area contributed by atoms with Crippen LogP contribution in [0.1, 0.15) is 44.6 Å². The maximum Gasteiger partial charge on any atom is 0.243 e. The fourth-order valence-electron chi connectivity index (χ4n) is 4.15. The Hall–Kier alpha value is -3.22. The molecule has 0 amide bonds. The Morgan fingerprint density at radius 3 is 2.94 bits per heavy atom. The van der Waals surface area contributed by atoms with E-state index in [-0.39, 0.29) is 11.9 Å². The fraction of sp³-hybridized carbons (Fsp3) is 0.375. The predicted molar refractivity (Wildman–Crippen MR) is 123 cm³/mol. The molecule has 3 N–H and O–H groups in total. The molecule has 1 unspecified atom stereocenters. The van der Waals surface area contributed by atoms with E-state index in [0.29, 0.717) is 5.95 Å². The molecule has 1 aliphatic rings. The second-order valence-electron chi connectivity index (χ2n) is 8.10. The first-order valence-corrected chi connectivity index (χ1v) is 10.9. The standard InChI is InChI=1S/C24H29FN6/c1-3-4-11-27-22-10-8-19(14-17(22)15-26)28-24-29-23-21(6-5-12-31(23)30-24)20-9-7-18(25)13-16(20)2/h5-7,9,12-13,15,19,26-27H,3-4,8,10-11,14H2,1-2H3,(H,28,30). The first-order valence-electron chi connectivity index (χ1n) is 10.9. The van der Waals surface area contributed by atoms with E-state index in [4.69, 9.17) is 10.4 Å². The number of nitrogens with one attached hydrogen (secondary N) is 3. The smallest absolute Gasteiger partial charge is 0.243 e. The number of fused-ring (bicyclic) bond motifs is 1. The van der Waals surface area contributed by atoms with Crippen molar-refractivity contribution in [2.24, 2.45) is 0 Å². The van der Waals surface area contributed by atoms with Crippen LogP contribution in [0.25, 0.3) is 16.8 Å². The Morgan fingerprint density at radius 2 is 2.16 bits per heavy atom. The number of halogens is 1. The van der Waals surface area contributed by atoms with Crippen molar-refractivity contribution in [1.82, 2.24) is 19.9 Å². The van der Waals surface area contributed by atoms with E-state index in [1.807, 2.05) is 25.3 Å². The lowest BCUT2D eigenvalue weighted by molar-refractivity contribution is 0.569. The van der Waals surface area contributed by atoms with E-state index in [1.165, 1.54) is 24.0 Å². The minimum atomic E-state index is -0.243. The Morgan fingerprint density at radius 1 is 1.29 bits per heavy atom. The van der Waals surface area contributed by atoms with Crippen LogP contribution in [0, 0.1) is 18.2 Å². The van der Waals surface area contributed by atoms with Gasteiger partial charge in [0.2, 0.25) is 5.95 Å². The summed E-state index contributed by atoms with van der Waals surface area (Å²) in [5.74, 6) is 0.330. The highest BCUT2D eigenvalue weighted by atomic mass is 19.1. The summed E-state index contributed by atoms with van der Waals surface area (Å²) in [7, 11) is 0. The van der Waals surface area contributed by atoms with Crippen LogP contribution < -0.4 is 10.6 Å². The highest BCUT2D eigenvalue weighted by Gasteiger charge is 2.21. The number of allylic oxidation sites excluding steroid dienone is 1. The molecule has 2 heterocycles. The van der Waals surface area contributed by atoms with Gasteiger partial charge in [0.25, 0.3) is 0 Å². The van der Waals surface area contributed by atoms with Gasteiger partial charge in [-0.2, -0.15) is 4.98 Å². The lowest BCUT2D eigenvalue weighted by Crippen LogP contribution is -2.29. The normalized spacial score (nSPS) is 16.5. The summed E-state index contributed by atoms with van der Waals surface area (Å²) in [6.07, 6.45) is 8.28. The lowest BCUT2D eigenvalue weighted by Gasteiger charge is -2.26. The number of unbranched alkanes of at least 4 members (excludes halogenated alkanes) is 1. The molecule has 0 aliphatic heterocycles. The molecule has 162 valence electrons. The van der Waals surface area contributed by atoms with Gasteiger partial charge in [0, 0.05) is 36.3 Å². The highest BCUT2D eigenvalue weighted by Crippen LogP contribution is 2.29. The van der Waals surface area contributed by atoms with Crippen molar-refractivity contribution in [2.45, 2.75) is 52.0 Å². The number of aryl methyl sites for hydroxylation is 1. The number of pyridine rings is 1. The molecule has 1 aromatic carbocycles. The number of hydrogen-bond acceptors (Lipinski definition) is 5. The monoisotopic (exact) mass is 420 g/mol. The largest absolute Gasteiger partial charge is 0.388 e. The quantitative estimate of drug-likeness (QED) is 0.350. The number of nitrogens with zero attached hydrogens (tertiary/aromatic N) is 3. The van der Waals surface area contributed by atoms with Crippen molar-refractivity contribution >= 4 is 17.8 Å². The second-order valence-corrected chi connectivity index (χ2v) is 8.10. The third kappa shape index (κ3) is 4.60. The highest BCUT2D eigenvalue weighted by molar-refractivity contribution is 5.80. The van der Waals surface area contributed by atoms with Crippen LogP contribution in [0.5, 0.6) is 0 Å². The zero-order valence-electron chi connectivity index (χ0n) is 18.1. The zero-order chi connectivity index (χ0) is 21.8. The minimum absolute atomic E-state index is 0.182. The molecule has 0 saturated carbocycles. The molecular formula is C24H29FN6. The van der Waals surface area contributed by atoms with E-state index >= 15 is 0 Å². The Balaban J connectivity index is 1.54. The summed E-state index contributed by atoms with van der Waals surface area (Å²) in [6, 6.07) is 8.89. The van der Waals surface area contributed by atoms with E-state index < -0.39 is 0 Å². The molecule has 4 rings (SSSR count). The average molecular weight is 421 g/mol. The van der Waals surface area contributed by atoms with Crippen molar-refractivity contribution in [2.75, 3.05) is 11.9 Å². The van der Waals surface area contributed by atoms with Crippen molar-refractivity contribution in [3.05, 3.63) is 59.2 Å². The predicted octanol–water partition coefficient (Wildman–Crippen LogP) is 5.10. The van der Waals surface area contributed by atoms with E-state index in [0.717, 1.165) is 66.6 Å². The number of benzene rings is 1. The molecule has 0 spiro atoms. The zero-order valence-corrected chi connectivity index (χ0v) is 18.1. The van der Waals surface area contributed by atoms with Crippen molar-refractivity contribution in [3.8, 4) is 11.1 Å². The molecule has 0 fully saturated rings. The van der Waals surface area contributed by atoms with Gasteiger partial charge in [0.1, 0.15) is 5.82 Å². The van der Waals surface area contributed by atoms with Crippen molar-refractivity contribution < 1.29 is 4.39 Å². The molecular weight excluding hydrogens is 391 g/mol. The van der Waals surface area contributed by atoms with Gasteiger partial charge in [0.05, 0.1) is 0 Å². The summed E-state index contributed by atoms with van der Waals surface area (Å²) < 4.78 is 15.3. The Labute approximate surface area is 182 Å². The van der Waals surface area contributed by atoms with Gasteiger partial charge >= 0.3 is 0 Å². The van der Waals surface area contributed by atoms with Crippen LogP contribution in [-0.2, 0) is 0 Å². The Kier molecular flexibility index (Phi) is 6.30. The van der Waals surface area contributed by atoms with Gasteiger partial charge in [-0.25, -0.2) is 8.91 Å². The van der Waals surface area contributed by atoms with Gasteiger partial charge in [-0.3, -0.25) is 0 Å². The molecule has 1 atom stereocenters. The second kappa shape index (κ2) is 9.29. The molecule has 1 aliphatic carbocycles. The number of rotatable bonds is 8. The average Bonchev–Trinajstić information content (AvgIpc) is 3.17. The molecule has 0 bridgehead atoms. The topological polar surface area (TPSA) is 78.1 Å². The van der Waals surface area contributed by atoms with Crippen LogP contribution >= 0.6 is 0 Å².